The van der Waals surface area contributed by atoms with Gasteiger partial charge in [-0.1, -0.05) is 30.3 Å². The zero-order chi connectivity index (χ0) is 9.38. The van der Waals surface area contributed by atoms with Gasteiger partial charge in [-0.2, -0.15) is 0 Å². The number of fused-ring (bicyclic) bond motifs is 3. The van der Waals surface area contributed by atoms with Crippen molar-refractivity contribution < 1.29 is 9.47 Å². The molecule has 2 aromatic rings. The van der Waals surface area contributed by atoms with E-state index in [0.717, 1.165) is 22.3 Å². The van der Waals surface area contributed by atoms with E-state index in [-0.39, 0.29) is 0 Å². The summed E-state index contributed by atoms with van der Waals surface area (Å²) in [6.45, 7) is 0. The zero-order valence-corrected chi connectivity index (χ0v) is 7.44. The van der Waals surface area contributed by atoms with Crippen LogP contribution in [0.3, 0.4) is 0 Å². The summed E-state index contributed by atoms with van der Waals surface area (Å²) >= 11 is 0. The second-order valence-corrected chi connectivity index (χ2v) is 3.12. The van der Waals surface area contributed by atoms with Crippen LogP contribution in [0.2, 0.25) is 0 Å². The Labute approximate surface area is 81.4 Å². The molecule has 1 aliphatic rings. The van der Waals surface area contributed by atoms with E-state index in [1.54, 1.807) is 6.26 Å². The average molecular weight is 184 g/mol. The Kier molecular flexibility index (Phi) is 1.47. The Morgan fingerprint density at radius 2 is 1.64 bits per heavy atom. The van der Waals surface area contributed by atoms with Crippen molar-refractivity contribution in [3.63, 3.8) is 0 Å². The monoisotopic (exact) mass is 184 g/mol. The minimum Gasteiger partial charge on any atom is -0.458 e. The molecule has 3 rings (SSSR count). The van der Waals surface area contributed by atoms with Crippen LogP contribution in [-0.2, 0) is 0 Å². The quantitative estimate of drug-likeness (QED) is 0.626. The van der Waals surface area contributed by atoms with Crippen LogP contribution in [0.15, 0.2) is 48.9 Å². The van der Waals surface area contributed by atoms with Gasteiger partial charge in [-0.3, -0.25) is 0 Å². The molecule has 2 aromatic carbocycles. The average Bonchev–Trinajstić information content (AvgIpc) is 2.29. The smallest absolute Gasteiger partial charge is 0.176 e. The third-order valence-corrected chi connectivity index (χ3v) is 2.28. The van der Waals surface area contributed by atoms with E-state index in [1.807, 2.05) is 30.3 Å². The van der Waals surface area contributed by atoms with E-state index in [2.05, 4.69) is 6.07 Å². The van der Waals surface area contributed by atoms with Crippen molar-refractivity contribution in [1.29, 1.82) is 0 Å². The van der Waals surface area contributed by atoms with E-state index in [0.29, 0.717) is 0 Å². The van der Waals surface area contributed by atoms with E-state index in [9.17, 15) is 0 Å². The fourth-order valence-corrected chi connectivity index (χ4v) is 1.63. The second-order valence-electron chi connectivity index (χ2n) is 3.12. The molecular formula is C12H8O2. The molecule has 0 radical (unpaired) electrons. The predicted octanol–water partition coefficient (Wildman–Crippen LogP) is 3.08. The highest BCUT2D eigenvalue weighted by Gasteiger charge is 2.11. The molecule has 0 saturated carbocycles. The number of rotatable bonds is 0. The van der Waals surface area contributed by atoms with Gasteiger partial charge in [0.1, 0.15) is 12.5 Å². The van der Waals surface area contributed by atoms with Crippen molar-refractivity contribution in [2.24, 2.45) is 0 Å². The van der Waals surface area contributed by atoms with Crippen molar-refractivity contribution in [1.82, 2.24) is 0 Å². The largest absolute Gasteiger partial charge is 0.458 e. The summed E-state index contributed by atoms with van der Waals surface area (Å²) in [5.74, 6) is 1.57. The SMILES string of the molecule is C1=COc2c(ccc3ccccc23)O1. The van der Waals surface area contributed by atoms with Crippen LogP contribution in [-0.4, -0.2) is 0 Å². The third kappa shape index (κ3) is 0.973. The second kappa shape index (κ2) is 2.77. The molecule has 0 fully saturated rings. The molecule has 1 heterocycles. The van der Waals surface area contributed by atoms with Gasteiger partial charge < -0.3 is 9.47 Å². The number of hydrogen-bond acceptors (Lipinski definition) is 2. The summed E-state index contributed by atoms with van der Waals surface area (Å²) in [7, 11) is 0. The highest BCUT2D eigenvalue weighted by molar-refractivity contribution is 5.90. The Balaban J connectivity index is 2.37. The summed E-state index contributed by atoms with van der Waals surface area (Å²) in [5.41, 5.74) is 0. The maximum absolute atomic E-state index is 5.43. The summed E-state index contributed by atoms with van der Waals surface area (Å²) in [5, 5.41) is 2.24. The molecule has 0 aliphatic carbocycles. The van der Waals surface area contributed by atoms with E-state index in [4.69, 9.17) is 9.47 Å². The Morgan fingerprint density at radius 3 is 2.64 bits per heavy atom. The Bertz CT molecular complexity index is 515. The molecule has 0 unspecified atom stereocenters. The van der Waals surface area contributed by atoms with Gasteiger partial charge in [0.25, 0.3) is 0 Å². The first-order valence-electron chi connectivity index (χ1n) is 4.45. The van der Waals surface area contributed by atoms with Gasteiger partial charge in [-0.05, 0) is 11.5 Å². The van der Waals surface area contributed by atoms with Crippen molar-refractivity contribution in [2.75, 3.05) is 0 Å². The molecule has 14 heavy (non-hydrogen) atoms. The van der Waals surface area contributed by atoms with Crippen LogP contribution >= 0.6 is 0 Å². The van der Waals surface area contributed by atoms with Gasteiger partial charge in [0, 0.05) is 5.39 Å². The summed E-state index contributed by atoms with van der Waals surface area (Å²) in [6, 6.07) is 12.0. The van der Waals surface area contributed by atoms with Crippen LogP contribution in [0.5, 0.6) is 11.5 Å². The lowest BCUT2D eigenvalue weighted by atomic mass is 10.1. The maximum Gasteiger partial charge on any atom is 0.176 e. The lowest BCUT2D eigenvalue weighted by Crippen LogP contribution is -1.96. The van der Waals surface area contributed by atoms with Crippen LogP contribution in [0, 0.1) is 0 Å². The highest BCUT2D eigenvalue weighted by atomic mass is 16.5. The molecule has 0 saturated heterocycles. The molecule has 0 atom stereocenters. The summed E-state index contributed by atoms with van der Waals surface area (Å²) in [4.78, 5) is 0. The minimum absolute atomic E-state index is 0.770. The first-order valence-corrected chi connectivity index (χ1v) is 4.45. The van der Waals surface area contributed by atoms with Crippen molar-refractivity contribution in [3.05, 3.63) is 48.9 Å². The van der Waals surface area contributed by atoms with Crippen LogP contribution in [0.4, 0.5) is 0 Å². The van der Waals surface area contributed by atoms with Crippen molar-refractivity contribution in [2.45, 2.75) is 0 Å². The van der Waals surface area contributed by atoms with Gasteiger partial charge in [-0.15, -0.1) is 0 Å². The molecule has 0 bridgehead atoms. The van der Waals surface area contributed by atoms with Crippen molar-refractivity contribution in [3.8, 4) is 11.5 Å². The number of benzene rings is 2. The molecular weight excluding hydrogens is 176 g/mol. The lowest BCUT2D eigenvalue weighted by molar-refractivity contribution is 0.365. The zero-order valence-electron chi connectivity index (χ0n) is 7.44. The van der Waals surface area contributed by atoms with E-state index >= 15 is 0 Å². The normalized spacial score (nSPS) is 13.1. The number of hydrogen-bond donors (Lipinski definition) is 0. The van der Waals surface area contributed by atoms with Gasteiger partial charge in [0.2, 0.25) is 0 Å². The molecule has 0 amide bonds. The molecule has 0 N–H and O–H groups in total. The summed E-state index contributed by atoms with van der Waals surface area (Å²) in [6.07, 6.45) is 3.09. The molecule has 0 aromatic heterocycles. The predicted molar refractivity (Wildman–Crippen MR) is 54.3 cm³/mol. The number of ether oxygens (including phenoxy) is 2. The van der Waals surface area contributed by atoms with E-state index in [1.165, 1.54) is 6.26 Å². The topological polar surface area (TPSA) is 18.5 Å². The van der Waals surface area contributed by atoms with Gasteiger partial charge >= 0.3 is 0 Å². The fraction of sp³-hybridized carbons (Fsp3) is 0. The standard InChI is InChI=1S/C12H8O2/c1-2-4-10-9(3-1)5-6-11-12(10)14-8-7-13-11/h1-8H. The van der Waals surface area contributed by atoms with E-state index < -0.39 is 0 Å². The van der Waals surface area contributed by atoms with Gasteiger partial charge in [0.15, 0.2) is 11.5 Å². The van der Waals surface area contributed by atoms with Crippen LogP contribution < -0.4 is 9.47 Å². The maximum atomic E-state index is 5.43. The molecule has 2 nitrogen and oxygen atoms in total. The van der Waals surface area contributed by atoms with Gasteiger partial charge in [-0.25, -0.2) is 0 Å². The molecule has 1 aliphatic heterocycles. The molecule has 2 heteroatoms. The van der Waals surface area contributed by atoms with Crippen LogP contribution in [0.1, 0.15) is 0 Å². The Morgan fingerprint density at radius 1 is 0.786 bits per heavy atom. The minimum atomic E-state index is 0.770. The Hall–Kier alpha value is -1.96. The van der Waals surface area contributed by atoms with Crippen LogP contribution in [0.25, 0.3) is 10.8 Å². The van der Waals surface area contributed by atoms with Crippen molar-refractivity contribution >= 4 is 10.8 Å². The summed E-state index contributed by atoms with van der Waals surface area (Å²) < 4.78 is 10.8. The molecule has 68 valence electrons. The third-order valence-electron chi connectivity index (χ3n) is 2.28. The fourth-order valence-electron chi connectivity index (χ4n) is 1.63. The first-order chi connectivity index (χ1) is 6.95. The lowest BCUT2D eigenvalue weighted by Gasteiger charge is -2.14. The van der Waals surface area contributed by atoms with Gasteiger partial charge in [0.05, 0.1) is 0 Å². The highest BCUT2D eigenvalue weighted by Crippen LogP contribution is 2.37. The molecule has 0 spiro atoms. The first kappa shape index (κ1) is 7.44.